The number of guanidine groups is 1. The minimum absolute atomic E-state index is 0.00945. The number of carboxylic acids is 1. The monoisotopic (exact) mass is 1100 g/mol. The van der Waals surface area contributed by atoms with E-state index in [1.54, 1.807) is 13.1 Å². The molecule has 26 heteroatoms. The Morgan fingerprint density at radius 1 is 0.696 bits per heavy atom. The van der Waals surface area contributed by atoms with Gasteiger partial charge in [-0.05, 0) is 94.6 Å². The maximum absolute atomic E-state index is 14.8. The van der Waals surface area contributed by atoms with Gasteiger partial charge in [0.1, 0.15) is 54.4 Å². The summed E-state index contributed by atoms with van der Waals surface area (Å²) in [6.07, 6.45) is 5.01. The zero-order valence-electron chi connectivity index (χ0n) is 44.9. The first kappa shape index (κ1) is 58.9. The topological polar surface area (TPSA) is 387 Å². The molecule has 13 N–H and O–H groups in total. The lowest BCUT2D eigenvalue weighted by Gasteiger charge is -2.34. The van der Waals surface area contributed by atoms with Crippen LogP contribution in [-0.2, 0) is 59.2 Å². The van der Waals surface area contributed by atoms with Crippen molar-refractivity contribution >= 4 is 81.9 Å². The van der Waals surface area contributed by atoms with Crippen LogP contribution in [0.1, 0.15) is 116 Å². The molecule has 7 rings (SSSR count). The second-order valence-corrected chi connectivity index (χ2v) is 21.3. The highest BCUT2D eigenvalue weighted by atomic mass is 16.4. The van der Waals surface area contributed by atoms with Gasteiger partial charge in [-0.15, -0.1) is 0 Å². The third kappa shape index (κ3) is 14.3. The number of carboxylic acid groups (broad SMARTS) is 1. The summed E-state index contributed by atoms with van der Waals surface area (Å²) < 4.78 is 0. The summed E-state index contributed by atoms with van der Waals surface area (Å²) in [5, 5.41) is 24.4. The van der Waals surface area contributed by atoms with Gasteiger partial charge in [0.15, 0.2) is 5.96 Å². The molecule has 5 saturated heterocycles. The van der Waals surface area contributed by atoms with E-state index in [4.69, 9.17) is 17.2 Å². The molecule has 0 unspecified atom stereocenters. The van der Waals surface area contributed by atoms with Crippen molar-refractivity contribution < 1.29 is 57.8 Å². The highest BCUT2D eigenvalue weighted by Gasteiger charge is 2.46. The van der Waals surface area contributed by atoms with Crippen molar-refractivity contribution in [1.82, 2.24) is 51.2 Å². The first-order valence-corrected chi connectivity index (χ1v) is 27.6. The number of nitrogens with zero attached hydrogens (tertiary/aromatic N) is 5. The predicted octanol–water partition coefficient (Wildman–Crippen LogP) is -1.66. The van der Waals surface area contributed by atoms with E-state index < -0.39 is 119 Å². The smallest absolute Gasteiger partial charge is 0.326 e. The molecule has 5 fully saturated rings. The second-order valence-electron chi connectivity index (χ2n) is 21.3. The van der Waals surface area contributed by atoms with Gasteiger partial charge >= 0.3 is 5.97 Å². The molecule has 0 bridgehead atoms. The molecular weight excluding hydrogens is 1020 g/mol. The molecule has 0 aliphatic carbocycles. The number of aromatic amines is 1. The number of likely N-dealkylation sites (tertiary alicyclic amines) is 4. The van der Waals surface area contributed by atoms with Crippen molar-refractivity contribution in [2.24, 2.45) is 28.1 Å². The largest absolute Gasteiger partial charge is 0.480 e. The number of fused-ring (bicyclic) bond motifs is 1. The fourth-order valence-corrected chi connectivity index (χ4v) is 11.5. The van der Waals surface area contributed by atoms with E-state index >= 15 is 0 Å². The Labute approximate surface area is 457 Å². The number of aliphatic carboxylic acids is 1. The van der Waals surface area contributed by atoms with Crippen LogP contribution in [0.2, 0.25) is 0 Å². The summed E-state index contributed by atoms with van der Waals surface area (Å²) in [7, 11) is 0. The van der Waals surface area contributed by atoms with Crippen LogP contribution in [-0.4, -0.2) is 188 Å². The van der Waals surface area contributed by atoms with Gasteiger partial charge in [-0.25, -0.2) is 4.79 Å². The number of H-pyrrole nitrogens is 1. The number of carbonyl (C=O) groups is 11. The molecule has 5 aliphatic rings. The molecule has 1 aromatic heterocycles. The number of amides is 10. The molecule has 10 amide bonds. The molecule has 0 spiro atoms. The number of benzene rings is 1. The molecule has 6 heterocycles. The van der Waals surface area contributed by atoms with Crippen LogP contribution in [0.25, 0.3) is 10.9 Å². The van der Waals surface area contributed by atoms with Crippen LogP contribution in [0.5, 0.6) is 0 Å². The van der Waals surface area contributed by atoms with Crippen molar-refractivity contribution in [2.45, 2.75) is 171 Å². The lowest BCUT2D eigenvalue weighted by molar-refractivity contribution is -0.152. The van der Waals surface area contributed by atoms with Crippen LogP contribution in [0.3, 0.4) is 0 Å². The van der Waals surface area contributed by atoms with E-state index in [9.17, 15) is 57.8 Å². The van der Waals surface area contributed by atoms with Crippen LogP contribution < -0.4 is 43.8 Å². The lowest BCUT2D eigenvalue weighted by Crippen LogP contribution is -2.60. The Morgan fingerprint density at radius 3 is 1.86 bits per heavy atom. The first-order chi connectivity index (χ1) is 37.8. The maximum Gasteiger partial charge on any atom is 0.326 e. The van der Waals surface area contributed by atoms with Gasteiger partial charge in [0.25, 0.3) is 0 Å². The quantitative estimate of drug-likeness (QED) is 0.0320. The van der Waals surface area contributed by atoms with Gasteiger partial charge in [-0.2, -0.15) is 0 Å². The van der Waals surface area contributed by atoms with Gasteiger partial charge in [0.2, 0.25) is 59.1 Å². The number of aliphatic imine (C=N–C) groups is 1. The number of para-hydroxylation sites is 1. The number of hydrogen-bond acceptors (Lipinski definition) is 12. The molecule has 430 valence electrons. The number of nitrogens with two attached hydrogens (primary N) is 3. The number of carbonyl (C=O) groups excluding carboxylic acids is 10. The summed E-state index contributed by atoms with van der Waals surface area (Å²) >= 11 is 0. The number of aromatic nitrogens is 1. The average molecular weight is 1100 g/mol. The van der Waals surface area contributed by atoms with Gasteiger partial charge in [0.05, 0.1) is 0 Å². The Balaban J connectivity index is 1.06. The molecule has 0 saturated carbocycles. The van der Waals surface area contributed by atoms with Gasteiger partial charge in [0, 0.05) is 69.1 Å². The van der Waals surface area contributed by atoms with E-state index in [1.165, 1.54) is 19.6 Å². The molecule has 26 nitrogen and oxygen atoms in total. The third-order valence-corrected chi connectivity index (χ3v) is 16.0. The Kier molecular flexibility index (Phi) is 19.9. The fraction of sp³-hybridized carbons (Fsp3) is 0.623. The number of primary amides is 1. The summed E-state index contributed by atoms with van der Waals surface area (Å²) in [5.74, 6) is -7.78. The highest BCUT2D eigenvalue weighted by molar-refractivity contribution is 6.00. The van der Waals surface area contributed by atoms with Gasteiger partial charge in [-0.1, -0.05) is 38.5 Å². The third-order valence-electron chi connectivity index (χ3n) is 16.0. The number of nitrogens with one attached hydrogen (secondary N) is 6. The van der Waals surface area contributed by atoms with Crippen LogP contribution in [0, 0.1) is 5.92 Å². The Bertz CT molecular complexity index is 2670. The fourth-order valence-electron chi connectivity index (χ4n) is 11.5. The predicted molar refractivity (Wildman–Crippen MR) is 285 cm³/mol. The molecule has 1 aromatic carbocycles. The molecule has 0 radical (unpaired) electrons. The van der Waals surface area contributed by atoms with Crippen molar-refractivity contribution in [3.63, 3.8) is 0 Å². The van der Waals surface area contributed by atoms with Crippen molar-refractivity contribution in [1.29, 1.82) is 0 Å². The second kappa shape index (κ2) is 26.7. The van der Waals surface area contributed by atoms with E-state index in [0.717, 1.165) is 16.5 Å². The molecular formula is C53H76N14O12. The molecule has 2 aromatic rings. The van der Waals surface area contributed by atoms with Crippen molar-refractivity contribution in [2.75, 3.05) is 32.7 Å². The van der Waals surface area contributed by atoms with E-state index in [0.29, 0.717) is 44.9 Å². The Hall–Kier alpha value is -7.80. The van der Waals surface area contributed by atoms with E-state index in [2.05, 4.69) is 36.6 Å². The minimum Gasteiger partial charge on any atom is -0.480 e. The standard InChI is InChI=1S/C53H76N14O12/c1-3-29(2)43(51(77)66-25-9-16-39(66)50(76)67-26-10-17-40(67)52(78)79)63-45(71)34(18-20-41(54)68)60-46(72)37-14-7-23-64(37)48(74)35(13-6-22-57-53(55)56)61-47(73)38-15-8-24-65(38)49(75)36(62-44(70)33-19-21-42(69)59-33)27-30-28-58-32-12-5-4-11-31(30)32/h4-5,11-12,28-29,33-40,43,58H,3,6-10,13-27H2,1-2H3,(H2,54,68)(H,59,69)(H,60,72)(H,61,73)(H,62,70)(H,63,71)(H,78,79)(H4,55,56,57)/t29-,33-,34-,35-,36+,37-,38+,39-,40-,43-/m0/s1. The minimum atomic E-state index is -1.42. The van der Waals surface area contributed by atoms with Crippen molar-refractivity contribution in [3.05, 3.63) is 36.0 Å². The van der Waals surface area contributed by atoms with Crippen LogP contribution >= 0.6 is 0 Å². The normalized spacial score (nSPS) is 22.8. The van der Waals surface area contributed by atoms with Gasteiger partial charge in [-0.3, -0.25) is 52.9 Å². The SMILES string of the molecule is CC[C@H](C)[C@H](NC(=O)[C@H](CCC(N)=O)NC(=O)[C@@H]1CCCN1C(=O)[C@H](CCCN=C(N)N)NC(=O)[C@H]1CCCN1C(=O)[C@@H](Cc1c[nH]c2ccccc12)NC(=O)[C@@H]1CCC(=O)N1)C(=O)N1CCC[C@H]1C(=O)N1CCC[C@H]1C(=O)O. The van der Waals surface area contributed by atoms with E-state index in [1.807, 2.05) is 31.2 Å². The molecule has 5 aliphatic heterocycles. The first-order valence-electron chi connectivity index (χ1n) is 27.6. The van der Waals surface area contributed by atoms with Crippen molar-refractivity contribution in [3.8, 4) is 0 Å². The zero-order valence-corrected chi connectivity index (χ0v) is 44.9. The van der Waals surface area contributed by atoms with Crippen LogP contribution in [0.4, 0.5) is 0 Å². The van der Waals surface area contributed by atoms with Gasteiger partial charge < -0.3 is 73.5 Å². The highest BCUT2D eigenvalue weighted by Crippen LogP contribution is 2.29. The summed E-state index contributed by atoms with van der Waals surface area (Å²) in [5.41, 5.74) is 18.2. The molecule has 79 heavy (non-hydrogen) atoms. The van der Waals surface area contributed by atoms with Crippen LogP contribution in [0.15, 0.2) is 35.5 Å². The summed E-state index contributed by atoms with van der Waals surface area (Å²) in [6, 6.07) is -2.52. The Morgan fingerprint density at radius 2 is 1.27 bits per heavy atom. The van der Waals surface area contributed by atoms with E-state index in [-0.39, 0.29) is 102 Å². The summed E-state index contributed by atoms with van der Waals surface area (Å²) in [4.78, 5) is 163. The number of rotatable bonds is 24. The zero-order chi connectivity index (χ0) is 57.1. The lowest BCUT2D eigenvalue weighted by atomic mass is 9.96. The average Bonchev–Trinajstić information content (AvgIpc) is 4.38. The molecule has 10 atom stereocenters. The summed E-state index contributed by atoms with van der Waals surface area (Å²) in [6.45, 7) is 4.33. The maximum atomic E-state index is 14.8. The number of hydrogen-bond donors (Lipinski definition) is 10.